The van der Waals surface area contributed by atoms with Gasteiger partial charge in [-0.25, -0.2) is 4.79 Å². The highest BCUT2D eigenvalue weighted by Crippen LogP contribution is 2.20. The van der Waals surface area contributed by atoms with Crippen molar-refractivity contribution in [3.8, 4) is 0 Å². The molecule has 0 aliphatic rings. The molecule has 0 aromatic heterocycles. The van der Waals surface area contributed by atoms with Gasteiger partial charge in [-0.05, 0) is 12.1 Å². The predicted molar refractivity (Wildman–Crippen MR) is 85.2 cm³/mol. The first-order valence-electron chi connectivity index (χ1n) is 6.95. The molecule has 6 heteroatoms. The van der Waals surface area contributed by atoms with Crippen LogP contribution in [0, 0.1) is 0 Å². The van der Waals surface area contributed by atoms with Gasteiger partial charge in [0.25, 0.3) is 0 Å². The quantitative estimate of drug-likeness (QED) is 0.619. The highest BCUT2D eigenvalue weighted by molar-refractivity contribution is 6.18. The van der Waals surface area contributed by atoms with Crippen LogP contribution < -0.4 is 10.6 Å². The molecular weight excluding hydrogens is 296 g/mol. The number of ketones is 1. The molecule has 1 atom stereocenters. The molecule has 0 spiro atoms. The molecule has 0 radical (unpaired) electrons. The summed E-state index contributed by atoms with van der Waals surface area (Å²) in [7, 11) is 0. The van der Waals surface area contributed by atoms with Gasteiger partial charge in [0.15, 0.2) is 11.8 Å². The van der Waals surface area contributed by atoms with Gasteiger partial charge in [0.1, 0.15) is 0 Å². The number of carboxylic acid groups (broad SMARTS) is 1. The number of nitrogens with zero attached hydrogens (tertiary/aromatic N) is 1. The summed E-state index contributed by atoms with van der Waals surface area (Å²) in [5.41, 5.74) is 5.91. The normalized spacial score (nSPS) is 11.5. The van der Waals surface area contributed by atoms with Gasteiger partial charge in [-0.3, -0.25) is 14.5 Å². The molecule has 118 valence electrons. The number of amides is 1. The van der Waals surface area contributed by atoms with E-state index in [0.29, 0.717) is 5.69 Å². The first-order valence-corrected chi connectivity index (χ1v) is 6.95. The van der Waals surface area contributed by atoms with Gasteiger partial charge in [0.2, 0.25) is 5.91 Å². The first kappa shape index (κ1) is 16.4. The summed E-state index contributed by atoms with van der Waals surface area (Å²) in [5, 5.41) is 9.53. The second-order valence-corrected chi connectivity index (χ2v) is 4.77. The Bertz CT molecular complexity index is 701. The van der Waals surface area contributed by atoms with Crippen molar-refractivity contribution in [3.63, 3.8) is 0 Å². The molecule has 6 nitrogen and oxygen atoms in total. The van der Waals surface area contributed by atoms with Crippen LogP contribution in [0.25, 0.3) is 0 Å². The molecule has 1 amide bonds. The van der Waals surface area contributed by atoms with Gasteiger partial charge >= 0.3 is 5.97 Å². The molecule has 3 N–H and O–H groups in total. The average Bonchev–Trinajstić information content (AvgIpc) is 2.59. The van der Waals surface area contributed by atoms with E-state index < -0.39 is 30.2 Å². The molecule has 2 aromatic rings. The zero-order chi connectivity index (χ0) is 16.8. The SMILES string of the molecule is NCC(=O)N(c1ccccc1)[C@H](C(=O)O)C(=O)c1ccccc1. The molecule has 2 rings (SSSR count). The van der Waals surface area contributed by atoms with Crippen LogP contribution in [0.5, 0.6) is 0 Å². The van der Waals surface area contributed by atoms with E-state index in [1.165, 1.54) is 12.1 Å². The molecule has 0 bridgehead atoms. The zero-order valence-electron chi connectivity index (χ0n) is 12.3. The summed E-state index contributed by atoms with van der Waals surface area (Å²) in [6.07, 6.45) is 0. The number of carbonyl (C=O) groups excluding carboxylic acids is 2. The molecule has 0 saturated heterocycles. The minimum Gasteiger partial charge on any atom is -0.479 e. The van der Waals surface area contributed by atoms with Crippen molar-refractivity contribution in [2.45, 2.75) is 6.04 Å². The topological polar surface area (TPSA) is 101 Å². The Kier molecular flexibility index (Phi) is 5.22. The summed E-state index contributed by atoms with van der Waals surface area (Å²) in [5.74, 6) is -2.74. The minimum atomic E-state index is -1.67. The van der Waals surface area contributed by atoms with Crippen LogP contribution in [0.2, 0.25) is 0 Å². The largest absolute Gasteiger partial charge is 0.479 e. The van der Waals surface area contributed by atoms with E-state index in [2.05, 4.69) is 0 Å². The summed E-state index contributed by atoms with van der Waals surface area (Å²) < 4.78 is 0. The summed E-state index contributed by atoms with van der Waals surface area (Å²) in [6.45, 7) is -0.402. The van der Waals surface area contributed by atoms with Crippen molar-refractivity contribution in [2.24, 2.45) is 5.73 Å². The van der Waals surface area contributed by atoms with E-state index >= 15 is 0 Å². The van der Waals surface area contributed by atoms with Crippen LogP contribution in [0.4, 0.5) is 5.69 Å². The number of anilines is 1. The molecule has 0 unspecified atom stereocenters. The Hall–Kier alpha value is -2.99. The van der Waals surface area contributed by atoms with Crippen LogP contribution in [-0.2, 0) is 9.59 Å². The number of hydrogen-bond acceptors (Lipinski definition) is 4. The second kappa shape index (κ2) is 7.33. The number of rotatable bonds is 6. The van der Waals surface area contributed by atoms with E-state index in [9.17, 15) is 19.5 Å². The van der Waals surface area contributed by atoms with Crippen LogP contribution in [-0.4, -0.2) is 35.4 Å². The fourth-order valence-corrected chi connectivity index (χ4v) is 2.22. The molecule has 23 heavy (non-hydrogen) atoms. The zero-order valence-corrected chi connectivity index (χ0v) is 12.3. The average molecular weight is 312 g/mol. The number of aliphatic carboxylic acids is 1. The van der Waals surface area contributed by atoms with Crippen molar-refractivity contribution in [1.82, 2.24) is 0 Å². The van der Waals surface area contributed by atoms with Crippen LogP contribution >= 0.6 is 0 Å². The number of Topliss-reactive ketones (excluding diaryl/α,β-unsaturated/α-hetero) is 1. The third kappa shape index (κ3) is 3.61. The highest BCUT2D eigenvalue weighted by atomic mass is 16.4. The molecule has 0 fully saturated rings. The fraction of sp³-hybridized carbons (Fsp3) is 0.118. The molecule has 0 heterocycles. The van der Waals surface area contributed by atoms with E-state index in [1.807, 2.05) is 0 Å². The molecule has 2 aromatic carbocycles. The minimum absolute atomic E-state index is 0.214. The van der Waals surface area contributed by atoms with Gasteiger partial charge < -0.3 is 10.8 Å². The highest BCUT2D eigenvalue weighted by Gasteiger charge is 2.36. The number of benzene rings is 2. The standard InChI is InChI=1S/C17H16N2O4/c18-11-14(20)19(13-9-5-2-6-10-13)15(17(22)23)16(21)12-7-3-1-4-8-12/h1-10,15H,11,18H2,(H,22,23)/t15-/m0/s1. The maximum Gasteiger partial charge on any atom is 0.335 e. The van der Waals surface area contributed by atoms with Gasteiger partial charge in [0, 0.05) is 11.3 Å². The molecular formula is C17H16N2O4. The number of carboxylic acids is 1. The van der Waals surface area contributed by atoms with Gasteiger partial charge in [-0.1, -0.05) is 48.5 Å². The Morgan fingerprint density at radius 1 is 0.957 bits per heavy atom. The predicted octanol–water partition coefficient (Wildman–Crippen LogP) is 1.31. The van der Waals surface area contributed by atoms with E-state index in [-0.39, 0.29) is 5.56 Å². The van der Waals surface area contributed by atoms with Crippen LogP contribution in [0.3, 0.4) is 0 Å². The fourth-order valence-electron chi connectivity index (χ4n) is 2.22. The van der Waals surface area contributed by atoms with Crippen LogP contribution in [0.1, 0.15) is 10.4 Å². The summed E-state index contributed by atoms with van der Waals surface area (Å²) >= 11 is 0. The lowest BCUT2D eigenvalue weighted by molar-refractivity contribution is -0.138. The Balaban J connectivity index is 2.49. The lowest BCUT2D eigenvalue weighted by Crippen LogP contribution is -2.52. The molecule has 0 aliphatic heterocycles. The first-order chi connectivity index (χ1) is 11.1. The maximum absolute atomic E-state index is 12.6. The number of nitrogens with two attached hydrogens (primary N) is 1. The van der Waals surface area contributed by atoms with Gasteiger partial charge in [0.05, 0.1) is 6.54 Å². The van der Waals surface area contributed by atoms with Gasteiger partial charge in [-0.15, -0.1) is 0 Å². The van der Waals surface area contributed by atoms with Crippen molar-refractivity contribution >= 4 is 23.3 Å². The van der Waals surface area contributed by atoms with E-state index in [0.717, 1.165) is 4.90 Å². The van der Waals surface area contributed by atoms with Crippen LogP contribution in [0.15, 0.2) is 60.7 Å². The Morgan fingerprint density at radius 2 is 1.48 bits per heavy atom. The van der Waals surface area contributed by atoms with Crippen molar-refractivity contribution in [1.29, 1.82) is 0 Å². The Morgan fingerprint density at radius 3 is 1.96 bits per heavy atom. The van der Waals surface area contributed by atoms with E-state index in [4.69, 9.17) is 5.73 Å². The number of hydrogen-bond donors (Lipinski definition) is 2. The Labute approximate surface area is 133 Å². The van der Waals surface area contributed by atoms with Gasteiger partial charge in [-0.2, -0.15) is 0 Å². The third-order valence-electron chi connectivity index (χ3n) is 3.28. The molecule has 0 saturated carbocycles. The summed E-state index contributed by atoms with van der Waals surface area (Å²) in [4.78, 5) is 37.4. The third-order valence-corrected chi connectivity index (χ3v) is 3.28. The van der Waals surface area contributed by atoms with Crippen molar-refractivity contribution in [2.75, 3.05) is 11.4 Å². The lowest BCUT2D eigenvalue weighted by Gasteiger charge is -2.27. The number of carbonyl (C=O) groups is 3. The monoisotopic (exact) mass is 312 g/mol. The number of para-hydroxylation sites is 1. The smallest absolute Gasteiger partial charge is 0.335 e. The van der Waals surface area contributed by atoms with E-state index in [1.54, 1.807) is 48.5 Å². The maximum atomic E-state index is 12.6. The van der Waals surface area contributed by atoms with Crippen molar-refractivity contribution in [3.05, 3.63) is 66.2 Å². The molecule has 0 aliphatic carbocycles. The summed E-state index contributed by atoms with van der Waals surface area (Å²) in [6, 6.07) is 14.5. The van der Waals surface area contributed by atoms with Crippen molar-refractivity contribution < 1.29 is 19.5 Å². The lowest BCUT2D eigenvalue weighted by atomic mass is 10.0. The second-order valence-electron chi connectivity index (χ2n) is 4.77.